The Bertz CT molecular complexity index is 573. The van der Waals surface area contributed by atoms with Crippen molar-refractivity contribution < 1.29 is 14.7 Å². The molecular weight excluding hydrogens is 324 g/mol. The zero-order chi connectivity index (χ0) is 18.3. The van der Waals surface area contributed by atoms with Gasteiger partial charge in [0.05, 0.1) is 6.10 Å². The standard InChI is InChI=1S/C18H28N2O3S/c1-12(2)24-11-15-7-6-8-16(14(15)4)19-17(22)18(23)20(5)10-9-13(3)21/h6-8,12-13,21H,9-11H2,1-5H3,(H,19,22)/t13-/m0/s1. The minimum atomic E-state index is -0.653. The Balaban J connectivity index is 2.72. The van der Waals surface area contributed by atoms with E-state index in [1.165, 1.54) is 4.90 Å². The number of hydrogen-bond donors (Lipinski definition) is 2. The number of thioether (sulfide) groups is 1. The van der Waals surface area contributed by atoms with Gasteiger partial charge in [-0.3, -0.25) is 9.59 Å². The highest BCUT2D eigenvalue weighted by atomic mass is 32.2. The Morgan fingerprint density at radius 2 is 1.96 bits per heavy atom. The molecule has 0 aliphatic carbocycles. The van der Waals surface area contributed by atoms with Crippen LogP contribution in [0.1, 0.15) is 38.3 Å². The van der Waals surface area contributed by atoms with Gasteiger partial charge in [0.25, 0.3) is 0 Å². The number of amides is 2. The minimum absolute atomic E-state index is 0.341. The van der Waals surface area contributed by atoms with Crippen molar-refractivity contribution in [2.45, 2.75) is 51.2 Å². The molecule has 0 aliphatic rings. The van der Waals surface area contributed by atoms with E-state index in [1.54, 1.807) is 20.0 Å². The lowest BCUT2D eigenvalue weighted by atomic mass is 10.1. The SMILES string of the molecule is Cc1c(CSC(C)C)cccc1NC(=O)C(=O)N(C)CC[C@H](C)O. The first kappa shape index (κ1) is 20.5. The van der Waals surface area contributed by atoms with E-state index in [9.17, 15) is 14.7 Å². The summed E-state index contributed by atoms with van der Waals surface area (Å²) >= 11 is 1.84. The zero-order valence-electron chi connectivity index (χ0n) is 15.1. The molecule has 0 spiro atoms. The van der Waals surface area contributed by atoms with Gasteiger partial charge in [-0.25, -0.2) is 0 Å². The molecule has 2 amide bonds. The Morgan fingerprint density at radius 3 is 2.54 bits per heavy atom. The van der Waals surface area contributed by atoms with E-state index in [0.29, 0.717) is 23.9 Å². The fourth-order valence-corrected chi connectivity index (χ4v) is 2.89. The monoisotopic (exact) mass is 352 g/mol. The molecule has 0 saturated carbocycles. The summed E-state index contributed by atoms with van der Waals surface area (Å²) in [5.41, 5.74) is 2.80. The van der Waals surface area contributed by atoms with Gasteiger partial charge in [0.2, 0.25) is 0 Å². The maximum Gasteiger partial charge on any atom is 0.313 e. The van der Waals surface area contributed by atoms with E-state index in [4.69, 9.17) is 0 Å². The first-order valence-electron chi connectivity index (χ1n) is 8.17. The number of nitrogens with zero attached hydrogens (tertiary/aromatic N) is 1. The molecule has 0 heterocycles. The summed E-state index contributed by atoms with van der Waals surface area (Å²) in [4.78, 5) is 25.6. The number of aliphatic hydroxyl groups is 1. The molecule has 0 aromatic heterocycles. The average Bonchev–Trinajstić information content (AvgIpc) is 2.52. The number of aliphatic hydroxyl groups excluding tert-OH is 1. The first-order chi connectivity index (χ1) is 11.2. The zero-order valence-corrected chi connectivity index (χ0v) is 15.9. The highest BCUT2D eigenvalue weighted by Crippen LogP contribution is 2.24. The smallest absolute Gasteiger partial charge is 0.313 e. The van der Waals surface area contributed by atoms with Gasteiger partial charge in [0.15, 0.2) is 0 Å². The normalized spacial score (nSPS) is 12.1. The van der Waals surface area contributed by atoms with Crippen molar-refractivity contribution in [3.05, 3.63) is 29.3 Å². The molecule has 0 radical (unpaired) electrons. The Morgan fingerprint density at radius 1 is 1.29 bits per heavy atom. The molecule has 1 rings (SSSR count). The Labute approximate surface area is 148 Å². The van der Waals surface area contributed by atoms with Crippen molar-refractivity contribution in [3.8, 4) is 0 Å². The first-order valence-corrected chi connectivity index (χ1v) is 9.21. The summed E-state index contributed by atoms with van der Waals surface area (Å²) in [6, 6.07) is 5.73. The number of rotatable bonds is 7. The van der Waals surface area contributed by atoms with Crippen LogP contribution in [0.4, 0.5) is 5.69 Å². The van der Waals surface area contributed by atoms with Crippen molar-refractivity contribution >= 4 is 29.3 Å². The number of carbonyl (C=O) groups excluding carboxylic acids is 2. The number of benzene rings is 1. The van der Waals surface area contributed by atoms with Crippen molar-refractivity contribution in [2.24, 2.45) is 0 Å². The fourth-order valence-electron chi connectivity index (χ4n) is 2.06. The van der Waals surface area contributed by atoms with E-state index < -0.39 is 17.9 Å². The molecule has 2 N–H and O–H groups in total. The predicted octanol–water partition coefficient (Wildman–Crippen LogP) is 2.80. The number of carbonyl (C=O) groups is 2. The van der Waals surface area contributed by atoms with Crippen LogP contribution in [-0.2, 0) is 15.3 Å². The van der Waals surface area contributed by atoms with Crippen LogP contribution in [0, 0.1) is 6.92 Å². The number of likely N-dealkylation sites (N-methyl/N-ethyl adjacent to an activating group) is 1. The molecule has 134 valence electrons. The van der Waals surface area contributed by atoms with E-state index >= 15 is 0 Å². The third-order valence-corrected chi connectivity index (χ3v) is 4.83. The van der Waals surface area contributed by atoms with E-state index in [2.05, 4.69) is 19.2 Å². The number of nitrogens with one attached hydrogen (secondary N) is 1. The van der Waals surface area contributed by atoms with Gasteiger partial charge in [-0.2, -0.15) is 11.8 Å². The number of anilines is 1. The molecule has 1 atom stereocenters. The Hall–Kier alpha value is -1.53. The molecule has 5 nitrogen and oxygen atoms in total. The van der Waals surface area contributed by atoms with Gasteiger partial charge in [-0.05, 0) is 42.7 Å². The molecule has 1 aromatic carbocycles. The summed E-state index contributed by atoms with van der Waals surface area (Å²) in [7, 11) is 1.56. The molecule has 0 aliphatic heterocycles. The van der Waals surface area contributed by atoms with Crippen LogP contribution in [0.3, 0.4) is 0 Å². The van der Waals surface area contributed by atoms with Crippen LogP contribution < -0.4 is 5.32 Å². The van der Waals surface area contributed by atoms with Crippen LogP contribution in [-0.4, -0.2) is 46.8 Å². The van der Waals surface area contributed by atoms with Crippen LogP contribution in [0.15, 0.2) is 18.2 Å². The van der Waals surface area contributed by atoms with Crippen molar-refractivity contribution in [2.75, 3.05) is 18.9 Å². The van der Waals surface area contributed by atoms with Crippen molar-refractivity contribution in [1.82, 2.24) is 4.90 Å². The van der Waals surface area contributed by atoms with Gasteiger partial charge in [-0.1, -0.05) is 26.0 Å². The second-order valence-corrected chi connectivity index (χ2v) is 7.83. The third-order valence-electron chi connectivity index (χ3n) is 3.69. The lowest BCUT2D eigenvalue weighted by Gasteiger charge is -2.18. The molecular formula is C18H28N2O3S. The largest absolute Gasteiger partial charge is 0.393 e. The van der Waals surface area contributed by atoms with Crippen molar-refractivity contribution in [3.63, 3.8) is 0 Å². The van der Waals surface area contributed by atoms with E-state index in [0.717, 1.165) is 16.9 Å². The second kappa shape index (κ2) is 9.69. The summed E-state index contributed by atoms with van der Waals surface area (Å²) in [5.74, 6) is -0.382. The molecule has 1 aromatic rings. The molecule has 0 fully saturated rings. The van der Waals surface area contributed by atoms with Crippen LogP contribution in [0.2, 0.25) is 0 Å². The molecule has 0 saturated heterocycles. The summed E-state index contributed by atoms with van der Waals surface area (Å²) in [6.07, 6.45) is -0.0584. The van der Waals surface area contributed by atoms with Gasteiger partial charge in [-0.15, -0.1) is 0 Å². The predicted molar refractivity (Wildman–Crippen MR) is 100 cm³/mol. The summed E-state index contributed by atoms with van der Waals surface area (Å²) in [5, 5.41) is 12.5. The summed E-state index contributed by atoms with van der Waals surface area (Å²) < 4.78 is 0. The molecule has 24 heavy (non-hydrogen) atoms. The minimum Gasteiger partial charge on any atom is -0.393 e. The Kier molecular flexibility index (Phi) is 8.28. The lowest BCUT2D eigenvalue weighted by molar-refractivity contribution is -0.142. The van der Waals surface area contributed by atoms with Crippen LogP contribution in [0.25, 0.3) is 0 Å². The van der Waals surface area contributed by atoms with E-state index in [1.807, 2.05) is 30.8 Å². The highest BCUT2D eigenvalue weighted by molar-refractivity contribution is 7.99. The summed E-state index contributed by atoms with van der Waals surface area (Å²) in [6.45, 7) is 8.24. The molecule has 0 bridgehead atoms. The van der Waals surface area contributed by atoms with Crippen LogP contribution in [0.5, 0.6) is 0 Å². The topological polar surface area (TPSA) is 69.6 Å². The van der Waals surface area contributed by atoms with Gasteiger partial charge in [0, 0.05) is 25.0 Å². The molecule has 0 unspecified atom stereocenters. The van der Waals surface area contributed by atoms with Crippen molar-refractivity contribution in [1.29, 1.82) is 0 Å². The lowest BCUT2D eigenvalue weighted by Crippen LogP contribution is -2.38. The van der Waals surface area contributed by atoms with Gasteiger partial charge >= 0.3 is 11.8 Å². The fraction of sp³-hybridized carbons (Fsp3) is 0.556. The van der Waals surface area contributed by atoms with Gasteiger partial charge in [0.1, 0.15) is 0 Å². The molecule has 6 heteroatoms. The third kappa shape index (κ3) is 6.53. The maximum atomic E-state index is 12.2. The van der Waals surface area contributed by atoms with Gasteiger partial charge < -0.3 is 15.3 Å². The van der Waals surface area contributed by atoms with E-state index in [-0.39, 0.29) is 0 Å². The average molecular weight is 353 g/mol. The number of hydrogen-bond acceptors (Lipinski definition) is 4. The second-order valence-electron chi connectivity index (χ2n) is 6.27. The maximum absolute atomic E-state index is 12.2. The quantitative estimate of drug-likeness (QED) is 0.741. The highest BCUT2D eigenvalue weighted by Gasteiger charge is 2.20. The van der Waals surface area contributed by atoms with Crippen LogP contribution >= 0.6 is 11.8 Å².